The first-order valence-electron chi connectivity index (χ1n) is 5.58. The largest absolute Gasteiger partial charge is 0.468 e. The van der Waals surface area contributed by atoms with Gasteiger partial charge in [0.15, 0.2) is 0 Å². The Morgan fingerprint density at radius 1 is 1.33 bits per heavy atom. The maximum Gasteiger partial charge on any atom is 0.328 e. The standard InChI is InChI=1S/C13H18FNO3/c1-13(9-17-2,12(16)18-3)15-8-10-4-6-11(14)7-5-10/h4-7,15H,8-9H2,1-3H3/t13-/m1/s1. The van der Waals surface area contributed by atoms with Crippen molar-refractivity contribution in [1.82, 2.24) is 5.32 Å². The second-order valence-electron chi connectivity index (χ2n) is 4.24. The summed E-state index contributed by atoms with van der Waals surface area (Å²) in [5.74, 6) is -0.683. The van der Waals surface area contributed by atoms with Crippen LogP contribution in [0, 0.1) is 5.82 Å². The molecule has 1 aromatic carbocycles. The molecule has 0 amide bonds. The van der Waals surface area contributed by atoms with E-state index in [1.807, 2.05) is 0 Å². The lowest BCUT2D eigenvalue weighted by Crippen LogP contribution is -2.53. The first-order valence-corrected chi connectivity index (χ1v) is 5.58. The second kappa shape index (κ2) is 6.47. The number of carbonyl (C=O) groups excluding carboxylic acids is 1. The van der Waals surface area contributed by atoms with Gasteiger partial charge in [-0.05, 0) is 24.6 Å². The predicted octanol–water partition coefficient (Wildman–Crippen LogP) is 1.49. The number of esters is 1. The molecule has 0 aliphatic carbocycles. The Hall–Kier alpha value is -1.46. The van der Waals surface area contributed by atoms with E-state index in [2.05, 4.69) is 5.32 Å². The van der Waals surface area contributed by atoms with Gasteiger partial charge in [-0.1, -0.05) is 12.1 Å². The quantitative estimate of drug-likeness (QED) is 0.782. The summed E-state index contributed by atoms with van der Waals surface area (Å²) in [5, 5.41) is 3.06. The average molecular weight is 255 g/mol. The van der Waals surface area contributed by atoms with Gasteiger partial charge in [-0.2, -0.15) is 0 Å². The maximum atomic E-state index is 12.7. The molecule has 18 heavy (non-hydrogen) atoms. The van der Waals surface area contributed by atoms with Crippen LogP contribution in [-0.4, -0.2) is 32.3 Å². The monoisotopic (exact) mass is 255 g/mol. The molecule has 1 aromatic rings. The van der Waals surface area contributed by atoms with Crippen LogP contribution in [0.2, 0.25) is 0 Å². The van der Waals surface area contributed by atoms with Crippen LogP contribution in [0.15, 0.2) is 24.3 Å². The molecule has 0 heterocycles. The van der Waals surface area contributed by atoms with Crippen molar-refractivity contribution in [2.24, 2.45) is 0 Å². The minimum atomic E-state index is -0.919. The smallest absolute Gasteiger partial charge is 0.328 e. The highest BCUT2D eigenvalue weighted by Crippen LogP contribution is 2.10. The fourth-order valence-electron chi connectivity index (χ4n) is 1.60. The minimum Gasteiger partial charge on any atom is -0.468 e. The van der Waals surface area contributed by atoms with Crippen LogP contribution in [0.3, 0.4) is 0 Å². The van der Waals surface area contributed by atoms with Crippen molar-refractivity contribution < 1.29 is 18.7 Å². The Kier molecular flexibility index (Phi) is 5.25. The Balaban J connectivity index is 2.67. The number of ether oxygens (including phenoxy) is 2. The van der Waals surface area contributed by atoms with E-state index in [9.17, 15) is 9.18 Å². The topological polar surface area (TPSA) is 47.6 Å². The molecule has 0 aliphatic heterocycles. The molecule has 0 unspecified atom stereocenters. The fraction of sp³-hybridized carbons (Fsp3) is 0.462. The highest BCUT2D eigenvalue weighted by atomic mass is 19.1. The number of benzene rings is 1. The summed E-state index contributed by atoms with van der Waals surface area (Å²) >= 11 is 0. The SMILES string of the molecule is COC[C@@](C)(NCc1ccc(F)cc1)C(=O)OC. The summed E-state index contributed by atoms with van der Waals surface area (Å²) in [4.78, 5) is 11.7. The van der Waals surface area contributed by atoms with E-state index < -0.39 is 11.5 Å². The normalized spacial score (nSPS) is 14.0. The molecule has 0 aliphatic rings. The van der Waals surface area contributed by atoms with E-state index >= 15 is 0 Å². The molecule has 0 saturated carbocycles. The van der Waals surface area contributed by atoms with Crippen molar-refractivity contribution >= 4 is 5.97 Å². The Bertz CT molecular complexity index is 394. The van der Waals surface area contributed by atoms with Gasteiger partial charge in [0.2, 0.25) is 0 Å². The van der Waals surface area contributed by atoms with Crippen LogP contribution in [0.25, 0.3) is 0 Å². The van der Waals surface area contributed by atoms with Gasteiger partial charge in [0.1, 0.15) is 11.4 Å². The Morgan fingerprint density at radius 2 is 1.94 bits per heavy atom. The van der Waals surface area contributed by atoms with Gasteiger partial charge < -0.3 is 9.47 Å². The summed E-state index contributed by atoms with van der Waals surface area (Å²) in [6.45, 7) is 2.32. The number of rotatable bonds is 6. The fourth-order valence-corrected chi connectivity index (χ4v) is 1.60. The van der Waals surface area contributed by atoms with E-state index in [-0.39, 0.29) is 12.4 Å². The summed E-state index contributed by atoms with van der Waals surface area (Å²) in [7, 11) is 2.84. The lowest BCUT2D eigenvalue weighted by Gasteiger charge is -2.27. The van der Waals surface area contributed by atoms with Crippen molar-refractivity contribution in [2.45, 2.75) is 19.0 Å². The zero-order valence-electron chi connectivity index (χ0n) is 10.8. The molecule has 4 nitrogen and oxygen atoms in total. The predicted molar refractivity (Wildman–Crippen MR) is 65.5 cm³/mol. The molecule has 5 heteroatoms. The highest BCUT2D eigenvalue weighted by Gasteiger charge is 2.33. The van der Waals surface area contributed by atoms with Gasteiger partial charge in [0, 0.05) is 13.7 Å². The van der Waals surface area contributed by atoms with Gasteiger partial charge in [-0.15, -0.1) is 0 Å². The van der Waals surface area contributed by atoms with Crippen LogP contribution in [0.4, 0.5) is 4.39 Å². The summed E-state index contributed by atoms with van der Waals surface area (Å²) in [5.41, 5.74) is -0.0413. The van der Waals surface area contributed by atoms with Crippen LogP contribution in [0.5, 0.6) is 0 Å². The highest BCUT2D eigenvalue weighted by molar-refractivity contribution is 5.80. The second-order valence-corrected chi connectivity index (χ2v) is 4.24. The molecule has 1 rings (SSSR count). The lowest BCUT2D eigenvalue weighted by atomic mass is 10.0. The molecule has 100 valence electrons. The zero-order valence-corrected chi connectivity index (χ0v) is 10.8. The molecule has 1 atom stereocenters. The van der Waals surface area contributed by atoms with E-state index in [0.717, 1.165) is 5.56 Å². The van der Waals surface area contributed by atoms with Gasteiger partial charge >= 0.3 is 5.97 Å². The molecule has 0 saturated heterocycles. The van der Waals surface area contributed by atoms with Crippen LogP contribution < -0.4 is 5.32 Å². The number of nitrogens with one attached hydrogen (secondary N) is 1. The van der Waals surface area contributed by atoms with Crippen LogP contribution in [-0.2, 0) is 20.8 Å². The molecule has 0 spiro atoms. The summed E-state index contributed by atoms with van der Waals surface area (Å²) < 4.78 is 22.5. The molecular formula is C13H18FNO3. The summed E-state index contributed by atoms with van der Waals surface area (Å²) in [6.07, 6.45) is 0. The van der Waals surface area contributed by atoms with Gasteiger partial charge in [0.05, 0.1) is 13.7 Å². The third kappa shape index (κ3) is 3.78. The third-order valence-corrected chi connectivity index (χ3v) is 2.66. The number of hydrogen-bond acceptors (Lipinski definition) is 4. The van der Waals surface area contributed by atoms with Gasteiger partial charge in [-0.25, -0.2) is 9.18 Å². The van der Waals surface area contributed by atoms with E-state index in [1.165, 1.54) is 26.4 Å². The maximum absolute atomic E-state index is 12.7. The number of methoxy groups -OCH3 is 2. The molecule has 0 fully saturated rings. The van der Waals surface area contributed by atoms with Crippen molar-refractivity contribution in [3.05, 3.63) is 35.6 Å². The Morgan fingerprint density at radius 3 is 2.44 bits per heavy atom. The molecule has 1 N–H and O–H groups in total. The van der Waals surface area contributed by atoms with Gasteiger partial charge in [-0.3, -0.25) is 5.32 Å². The number of halogens is 1. The van der Waals surface area contributed by atoms with E-state index in [0.29, 0.717) is 6.54 Å². The van der Waals surface area contributed by atoms with Gasteiger partial charge in [0.25, 0.3) is 0 Å². The van der Waals surface area contributed by atoms with Crippen molar-refractivity contribution in [3.63, 3.8) is 0 Å². The Labute approximate surface area is 106 Å². The average Bonchev–Trinajstić information content (AvgIpc) is 2.37. The first kappa shape index (κ1) is 14.6. The van der Waals surface area contributed by atoms with E-state index in [1.54, 1.807) is 19.1 Å². The van der Waals surface area contributed by atoms with E-state index in [4.69, 9.17) is 9.47 Å². The van der Waals surface area contributed by atoms with Crippen molar-refractivity contribution in [1.29, 1.82) is 0 Å². The third-order valence-electron chi connectivity index (χ3n) is 2.66. The molecule has 0 radical (unpaired) electrons. The molecule has 0 aromatic heterocycles. The molecular weight excluding hydrogens is 237 g/mol. The zero-order chi connectivity index (χ0) is 13.6. The number of carbonyl (C=O) groups is 1. The lowest BCUT2D eigenvalue weighted by molar-refractivity contribution is -0.150. The van der Waals surface area contributed by atoms with Crippen molar-refractivity contribution in [2.75, 3.05) is 20.8 Å². The summed E-state index contributed by atoms with van der Waals surface area (Å²) in [6, 6.07) is 6.07. The molecule has 0 bridgehead atoms. The van der Waals surface area contributed by atoms with Crippen LogP contribution in [0.1, 0.15) is 12.5 Å². The number of hydrogen-bond donors (Lipinski definition) is 1. The minimum absolute atomic E-state index is 0.195. The van der Waals surface area contributed by atoms with Crippen LogP contribution >= 0.6 is 0 Å². The first-order chi connectivity index (χ1) is 8.51. The van der Waals surface area contributed by atoms with Crippen molar-refractivity contribution in [3.8, 4) is 0 Å².